The summed E-state index contributed by atoms with van der Waals surface area (Å²) >= 11 is 6.34. The molecule has 1 saturated heterocycles. The first-order valence-electron chi connectivity index (χ1n) is 8.72. The van der Waals surface area contributed by atoms with Gasteiger partial charge in [-0.15, -0.1) is 0 Å². The molecule has 6 nitrogen and oxygen atoms in total. The Morgan fingerprint density at radius 1 is 1.40 bits per heavy atom. The Bertz CT molecular complexity index is 638. The molecule has 1 fully saturated rings. The molecule has 0 spiro atoms. The van der Waals surface area contributed by atoms with Crippen molar-refractivity contribution in [1.82, 2.24) is 10.6 Å². The minimum Gasteiger partial charge on any atom is -0.489 e. The van der Waals surface area contributed by atoms with E-state index in [1.54, 1.807) is 13.2 Å². The van der Waals surface area contributed by atoms with Gasteiger partial charge in [0.25, 0.3) is 5.91 Å². The fraction of sp³-hybridized carbons (Fsp3) is 0.611. The molecule has 1 aromatic carbocycles. The highest BCUT2D eigenvalue weighted by Gasteiger charge is 2.27. The van der Waals surface area contributed by atoms with E-state index in [-0.39, 0.29) is 12.0 Å². The van der Waals surface area contributed by atoms with Gasteiger partial charge in [0.05, 0.1) is 29.9 Å². The van der Waals surface area contributed by atoms with Gasteiger partial charge in [-0.2, -0.15) is 0 Å². The molecule has 2 atom stereocenters. The second-order valence-corrected chi connectivity index (χ2v) is 6.88. The molecule has 2 aliphatic rings. The predicted octanol–water partition coefficient (Wildman–Crippen LogP) is 2.16. The summed E-state index contributed by atoms with van der Waals surface area (Å²) in [6, 6.07) is 1.77. The van der Waals surface area contributed by atoms with E-state index >= 15 is 0 Å². The van der Waals surface area contributed by atoms with E-state index in [4.69, 9.17) is 25.8 Å². The molecular formula is C18H25ClN2O4. The van der Waals surface area contributed by atoms with Crippen molar-refractivity contribution in [3.63, 3.8) is 0 Å². The normalized spacial score (nSPS) is 23.0. The number of piperidine rings is 1. The van der Waals surface area contributed by atoms with Gasteiger partial charge in [-0.1, -0.05) is 11.6 Å². The van der Waals surface area contributed by atoms with Crippen molar-refractivity contribution in [3.8, 4) is 11.5 Å². The lowest BCUT2D eigenvalue weighted by Crippen LogP contribution is -2.46. The maximum absolute atomic E-state index is 12.8. The van der Waals surface area contributed by atoms with E-state index in [2.05, 4.69) is 10.6 Å². The van der Waals surface area contributed by atoms with Gasteiger partial charge < -0.3 is 24.8 Å². The van der Waals surface area contributed by atoms with Gasteiger partial charge in [0, 0.05) is 32.5 Å². The SMILES string of the molecule is COC1CNCC[C@H]1CNC(=O)c1cc(C)c(Cl)c2c1OCCCO2. The fourth-order valence-corrected chi connectivity index (χ4v) is 3.50. The number of carbonyl (C=O) groups is 1. The highest BCUT2D eigenvalue weighted by atomic mass is 35.5. The molecule has 0 bridgehead atoms. The van der Waals surface area contributed by atoms with Crippen LogP contribution in [0, 0.1) is 12.8 Å². The van der Waals surface area contributed by atoms with Crippen molar-refractivity contribution in [2.24, 2.45) is 5.92 Å². The second kappa shape index (κ2) is 8.25. The number of fused-ring (bicyclic) bond motifs is 1. The Kier molecular flexibility index (Phi) is 6.04. The topological polar surface area (TPSA) is 68.8 Å². The molecule has 0 saturated carbocycles. The first-order chi connectivity index (χ1) is 12.1. The molecule has 7 heteroatoms. The van der Waals surface area contributed by atoms with Gasteiger partial charge in [-0.3, -0.25) is 4.79 Å². The minimum atomic E-state index is -0.171. The number of methoxy groups -OCH3 is 1. The van der Waals surface area contributed by atoms with E-state index in [9.17, 15) is 4.79 Å². The van der Waals surface area contributed by atoms with Crippen molar-refractivity contribution < 1.29 is 19.0 Å². The van der Waals surface area contributed by atoms with Crippen LogP contribution in [-0.2, 0) is 4.74 Å². The zero-order valence-corrected chi connectivity index (χ0v) is 15.4. The average molecular weight is 369 g/mol. The number of nitrogens with one attached hydrogen (secondary N) is 2. The molecule has 25 heavy (non-hydrogen) atoms. The summed E-state index contributed by atoms with van der Waals surface area (Å²) in [5.74, 6) is 1.04. The molecule has 1 aromatic rings. The number of hydrogen-bond donors (Lipinski definition) is 2. The van der Waals surface area contributed by atoms with Crippen molar-refractivity contribution in [2.75, 3.05) is 40.0 Å². The number of aryl methyl sites for hydroxylation is 1. The van der Waals surface area contributed by atoms with E-state index in [1.165, 1.54) is 0 Å². The summed E-state index contributed by atoms with van der Waals surface area (Å²) in [6.07, 6.45) is 1.84. The van der Waals surface area contributed by atoms with E-state index < -0.39 is 0 Å². The molecule has 3 rings (SSSR count). The lowest BCUT2D eigenvalue weighted by atomic mass is 9.94. The van der Waals surface area contributed by atoms with Crippen LogP contribution in [0.4, 0.5) is 0 Å². The smallest absolute Gasteiger partial charge is 0.255 e. The van der Waals surface area contributed by atoms with Gasteiger partial charge >= 0.3 is 0 Å². The maximum atomic E-state index is 12.8. The molecule has 0 radical (unpaired) electrons. The maximum Gasteiger partial charge on any atom is 0.255 e. The predicted molar refractivity (Wildman–Crippen MR) is 95.9 cm³/mol. The van der Waals surface area contributed by atoms with Crippen LogP contribution in [0.5, 0.6) is 11.5 Å². The zero-order chi connectivity index (χ0) is 17.8. The number of ether oxygens (including phenoxy) is 3. The van der Waals surface area contributed by atoms with Crippen LogP contribution in [0.15, 0.2) is 6.07 Å². The molecule has 2 aliphatic heterocycles. The van der Waals surface area contributed by atoms with Crippen LogP contribution in [0.25, 0.3) is 0 Å². The van der Waals surface area contributed by atoms with Gasteiger partial charge in [0.2, 0.25) is 0 Å². The Morgan fingerprint density at radius 2 is 2.16 bits per heavy atom. The molecule has 2 N–H and O–H groups in total. The molecular weight excluding hydrogens is 344 g/mol. The third-order valence-electron chi connectivity index (χ3n) is 4.77. The third kappa shape index (κ3) is 4.02. The van der Waals surface area contributed by atoms with Gasteiger partial charge in [0.15, 0.2) is 11.5 Å². The number of carbonyl (C=O) groups excluding carboxylic acids is 1. The summed E-state index contributed by atoms with van der Waals surface area (Å²) in [7, 11) is 1.71. The molecule has 1 unspecified atom stereocenters. The number of rotatable bonds is 4. The number of halogens is 1. The minimum absolute atomic E-state index is 0.109. The Hall–Kier alpha value is -1.50. The monoisotopic (exact) mass is 368 g/mol. The summed E-state index contributed by atoms with van der Waals surface area (Å²) in [5, 5.41) is 6.84. The lowest BCUT2D eigenvalue weighted by Gasteiger charge is -2.31. The highest BCUT2D eigenvalue weighted by molar-refractivity contribution is 6.33. The first kappa shape index (κ1) is 18.3. The quantitative estimate of drug-likeness (QED) is 0.852. The Balaban J connectivity index is 1.76. The Morgan fingerprint density at radius 3 is 2.92 bits per heavy atom. The molecule has 138 valence electrons. The third-order valence-corrected chi connectivity index (χ3v) is 5.24. The fourth-order valence-electron chi connectivity index (χ4n) is 3.31. The van der Waals surface area contributed by atoms with Gasteiger partial charge in [-0.05, 0) is 31.5 Å². The highest BCUT2D eigenvalue weighted by Crippen LogP contribution is 2.41. The molecule has 0 aliphatic carbocycles. The summed E-state index contributed by atoms with van der Waals surface area (Å²) in [4.78, 5) is 12.8. The molecule has 1 amide bonds. The zero-order valence-electron chi connectivity index (χ0n) is 14.7. The van der Waals surface area contributed by atoms with Crippen LogP contribution in [-0.4, -0.2) is 52.0 Å². The number of amides is 1. The van der Waals surface area contributed by atoms with Crippen LogP contribution in [0.1, 0.15) is 28.8 Å². The Labute approximate surface area is 153 Å². The van der Waals surface area contributed by atoms with Gasteiger partial charge in [-0.25, -0.2) is 0 Å². The summed E-state index contributed by atoms with van der Waals surface area (Å²) in [5.41, 5.74) is 1.27. The summed E-state index contributed by atoms with van der Waals surface area (Å²) in [6.45, 7) is 5.21. The van der Waals surface area contributed by atoms with Crippen LogP contribution >= 0.6 is 11.6 Å². The second-order valence-electron chi connectivity index (χ2n) is 6.50. The van der Waals surface area contributed by atoms with Crippen LogP contribution < -0.4 is 20.1 Å². The standard InChI is InChI=1S/C18H25ClN2O4/c1-11-8-13(16-17(15(11)19)25-7-3-6-24-16)18(22)21-9-12-4-5-20-10-14(12)23-2/h8,12,14,20H,3-7,9-10H2,1-2H3,(H,21,22)/t12-,14?/m0/s1. The molecule has 0 aromatic heterocycles. The van der Waals surface area contributed by atoms with Crippen molar-refractivity contribution in [2.45, 2.75) is 25.9 Å². The van der Waals surface area contributed by atoms with Crippen molar-refractivity contribution >= 4 is 17.5 Å². The van der Waals surface area contributed by atoms with Crippen molar-refractivity contribution in [1.29, 1.82) is 0 Å². The van der Waals surface area contributed by atoms with E-state index in [1.807, 2.05) is 6.92 Å². The lowest BCUT2D eigenvalue weighted by molar-refractivity contribution is 0.0338. The number of hydrogen-bond acceptors (Lipinski definition) is 5. The van der Waals surface area contributed by atoms with Crippen molar-refractivity contribution in [3.05, 3.63) is 22.2 Å². The molecule has 2 heterocycles. The van der Waals surface area contributed by atoms with Crippen LogP contribution in [0.2, 0.25) is 5.02 Å². The van der Waals surface area contributed by atoms with Crippen LogP contribution in [0.3, 0.4) is 0 Å². The van der Waals surface area contributed by atoms with Gasteiger partial charge in [0.1, 0.15) is 0 Å². The first-order valence-corrected chi connectivity index (χ1v) is 9.10. The largest absolute Gasteiger partial charge is 0.489 e. The average Bonchev–Trinajstić information content (AvgIpc) is 2.89. The number of benzene rings is 1. The van der Waals surface area contributed by atoms with E-state index in [0.29, 0.717) is 47.8 Å². The summed E-state index contributed by atoms with van der Waals surface area (Å²) < 4.78 is 17.0. The van der Waals surface area contributed by atoms with E-state index in [0.717, 1.165) is 31.5 Å².